The third-order valence-corrected chi connectivity index (χ3v) is 4.26. The van der Waals surface area contributed by atoms with E-state index < -0.39 is 0 Å². The van der Waals surface area contributed by atoms with Gasteiger partial charge in [0.15, 0.2) is 0 Å². The smallest absolute Gasteiger partial charge is 0.0128 e. The van der Waals surface area contributed by atoms with Crippen LogP contribution in [-0.4, -0.2) is 6.04 Å². The summed E-state index contributed by atoms with van der Waals surface area (Å²) in [5.41, 5.74) is 9.16. The van der Waals surface area contributed by atoms with Gasteiger partial charge in [0.1, 0.15) is 0 Å². The van der Waals surface area contributed by atoms with Gasteiger partial charge < -0.3 is 5.73 Å². The molecule has 1 nitrogen and oxygen atoms in total. The second kappa shape index (κ2) is 5.89. The van der Waals surface area contributed by atoms with Crippen LogP contribution in [-0.2, 0) is 18.3 Å². The van der Waals surface area contributed by atoms with Crippen molar-refractivity contribution in [1.82, 2.24) is 0 Å². The van der Waals surface area contributed by atoms with E-state index in [-0.39, 0.29) is 11.5 Å². The second-order valence-electron chi connectivity index (χ2n) is 6.19. The van der Waals surface area contributed by atoms with Crippen LogP contribution in [0.25, 0.3) is 0 Å². The molecule has 2 heteroatoms. The molecule has 1 aromatic heterocycles. The van der Waals surface area contributed by atoms with Gasteiger partial charge in [0.25, 0.3) is 0 Å². The molecule has 0 aliphatic heterocycles. The molecule has 0 fully saturated rings. The SMILES string of the molecule is CC(C)(C)c1ccc(CC(N)Cc2cccs2)cc1. The van der Waals surface area contributed by atoms with E-state index in [1.807, 2.05) is 0 Å². The molecule has 1 aromatic carbocycles. The fourth-order valence-electron chi connectivity index (χ4n) is 2.20. The Labute approximate surface area is 120 Å². The summed E-state index contributed by atoms with van der Waals surface area (Å²) in [6, 6.07) is 13.3. The minimum absolute atomic E-state index is 0.208. The van der Waals surface area contributed by atoms with E-state index in [2.05, 4.69) is 62.5 Å². The number of benzene rings is 1. The lowest BCUT2D eigenvalue weighted by Gasteiger charge is -2.19. The Hall–Kier alpha value is -1.12. The van der Waals surface area contributed by atoms with Gasteiger partial charge in [-0.25, -0.2) is 0 Å². The molecule has 1 unspecified atom stereocenters. The molecule has 0 saturated heterocycles. The Morgan fingerprint density at radius 2 is 1.74 bits per heavy atom. The zero-order valence-electron chi connectivity index (χ0n) is 12.0. The lowest BCUT2D eigenvalue weighted by atomic mass is 9.86. The monoisotopic (exact) mass is 273 g/mol. The molecule has 0 radical (unpaired) electrons. The molecule has 0 amide bonds. The lowest BCUT2D eigenvalue weighted by Crippen LogP contribution is -2.25. The van der Waals surface area contributed by atoms with Crippen molar-refractivity contribution in [1.29, 1.82) is 0 Å². The Bertz CT molecular complexity index is 491. The maximum Gasteiger partial charge on any atom is 0.0128 e. The molecular formula is C17H23NS. The van der Waals surface area contributed by atoms with Crippen molar-refractivity contribution in [2.45, 2.75) is 45.1 Å². The maximum atomic E-state index is 6.23. The number of nitrogens with two attached hydrogens (primary N) is 1. The van der Waals surface area contributed by atoms with Gasteiger partial charge >= 0.3 is 0 Å². The van der Waals surface area contributed by atoms with E-state index in [1.165, 1.54) is 16.0 Å². The summed E-state index contributed by atoms with van der Waals surface area (Å²) in [5, 5.41) is 2.11. The fraction of sp³-hybridized carbons (Fsp3) is 0.412. The zero-order valence-corrected chi connectivity index (χ0v) is 12.8. The van der Waals surface area contributed by atoms with Crippen LogP contribution in [0.4, 0.5) is 0 Å². The van der Waals surface area contributed by atoms with Gasteiger partial charge in [0.05, 0.1) is 0 Å². The molecule has 1 heterocycles. The van der Waals surface area contributed by atoms with Gasteiger partial charge in [-0.15, -0.1) is 11.3 Å². The number of rotatable bonds is 4. The zero-order chi connectivity index (χ0) is 13.9. The predicted molar refractivity (Wildman–Crippen MR) is 84.8 cm³/mol. The lowest BCUT2D eigenvalue weighted by molar-refractivity contribution is 0.589. The molecule has 19 heavy (non-hydrogen) atoms. The Balaban J connectivity index is 1.96. The van der Waals surface area contributed by atoms with Gasteiger partial charge in [0.2, 0.25) is 0 Å². The van der Waals surface area contributed by atoms with Crippen molar-refractivity contribution >= 4 is 11.3 Å². The van der Waals surface area contributed by atoms with Crippen LogP contribution in [0, 0.1) is 0 Å². The van der Waals surface area contributed by atoms with E-state index in [0.717, 1.165) is 12.8 Å². The van der Waals surface area contributed by atoms with Gasteiger partial charge in [-0.1, -0.05) is 51.1 Å². The van der Waals surface area contributed by atoms with E-state index >= 15 is 0 Å². The first-order valence-electron chi connectivity index (χ1n) is 6.82. The average molecular weight is 273 g/mol. The van der Waals surface area contributed by atoms with Crippen molar-refractivity contribution in [3.8, 4) is 0 Å². The predicted octanol–water partition coefficient (Wildman–Crippen LogP) is 4.16. The molecule has 2 N–H and O–H groups in total. The molecule has 2 aromatic rings. The van der Waals surface area contributed by atoms with Crippen molar-refractivity contribution < 1.29 is 0 Å². The van der Waals surface area contributed by atoms with Gasteiger partial charge in [-0.2, -0.15) is 0 Å². The first-order chi connectivity index (χ1) is 8.95. The number of hydrogen-bond donors (Lipinski definition) is 1. The van der Waals surface area contributed by atoms with Crippen LogP contribution in [0.15, 0.2) is 41.8 Å². The molecule has 0 aliphatic rings. The molecule has 2 rings (SSSR count). The Morgan fingerprint density at radius 3 is 2.26 bits per heavy atom. The van der Waals surface area contributed by atoms with E-state index in [1.54, 1.807) is 11.3 Å². The van der Waals surface area contributed by atoms with E-state index in [9.17, 15) is 0 Å². The van der Waals surface area contributed by atoms with E-state index in [4.69, 9.17) is 5.73 Å². The largest absolute Gasteiger partial charge is 0.327 e. The highest BCUT2D eigenvalue weighted by Crippen LogP contribution is 2.22. The summed E-state index contributed by atoms with van der Waals surface area (Å²) in [5.74, 6) is 0. The first kappa shape index (κ1) is 14.3. The minimum Gasteiger partial charge on any atom is -0.327 e. The summed E-state index contributed by atoms with van der Waals surface area (Å²) >= 11 is 1.79. The Kier molecular flexibility index (Phi) is 4.43. The van der Waals surface area contributed by atoms with Crippen molar-refractivity contribution in [2.24, 2.45) is 5.73 Å². The van der Waals surface area contributed by atoms with Crippen LogP contribution in [0.3, 0.4) is 0 Å². The molecular weight excluding hydrogens is 250 g/mol. The summed E-state index contributed by atoms with van der Waals surface area (Å²) in [6.07, 6.45) is 1.92. The highest BCUT2D eigenvalue weighted by molar-refractivity contribution is 7.09. The fourth-order valence-corrected chi connectivity index (χ4v) is 3.00. The van der Waals surface area contributed by atoms with Gasteiger partial charge in [0, 0.05) is 10.9 Å². The summed E-state index contributed by atoms with van der Waals surface area (Å²) in [7, 11) is 0. The average Bonchev–Trinajstić information content (AvgIpc) is 2.81. The third-order valence-electron chi connectivity index (χ3n) is 3.36. The topological polar surface area (TPSA) is 26.0 Å². The number of hydrogen-bond acceptors (Lipinski definition) is 2. The van der Waals surface area contributed by atoms with E-state index in [0.29, 0.717) is 0 Å². The quantitative estimate of drug-likeness (QED) is 0.889. The van der Waals surface area contributed by atoms with Crippen molar-refractivity contribution in [3.05, 3.63) is 57.8 Å². The first-order valence-corrected chi connectivity index (χ1v) is 7.70. The van der Waals surface area contributed by atoms with Gasteiger partial charge in [-0.05, 0) is 40.8 Å². The molecule has 0 bridgehead atoms. The van der Waals surface area contributed by atoms with Crippen LogP contribution in [0.5, 0.6) is 0 Å². The van der Waals surface area contributed by atoms with Crippen molar-refractivity contribution in [2.75, 3.05) is 0 Å². The van der Waals surface area contributed by atoms with Crippen LogP contribution >= 0.6 is 11.3 Å². The standard InChI is InChI=1S/C17H23NS/c1-17(2,3)14-8-6-13(7-9-14)11-15(18)12-16-5-4-10-19-16/h4-10,15H,11-12,18H2,1-3H3. The van der Waals surface area contributed by atoms with Crippen LogP contribution < -0.4 is 5.73 Å². The summed E-state index contributed by atoms with van der Waals surface area (Å²) in [6.45, 7) is 6.72. The van der Waals surface area contributed by atoms with Crippen molar-refractivity contribution in [3.63, 3.8) is 0 Å². The summed E-state index contributed by atoms with van der Waals surface area (Å²) < 4.78 is 0. The highest BCUT2D eigenvalue weighted by atomic mass is 32.1. The van der Waals surface area contributed by atoms with Gasteiger partial charge in [-0.3, -0.25) is 0 Å². The molecule has 102 valence electrons. The Morgan fingerprint density at radius 1 is 1.05 bits per heavy atom. The number of thiophene rings is 1. The van der Waals surface area contributed by atoms with Crippen LogP contribution in [0.2, 0.25) is 0 Å². The normalized spacial score (nSPS) is 13.5. The second-order valence-corrected chi connectivity index (χ2v) is 7.23. The minimum atomic E-state index is 0.208. The summed E-state index contributed by atoms with van der Waals surface area (Å²) in [4.78, 5) is 1.37. The molecule has 1 atom stereocenters. The molecule has 0 saturated carbocycles. The third kappa shape index (κ3) is 4.19. The molecule has 0 spiro atoms. The highest BCUT2D eigenvalue weighted by Gasteiger charge is 2.13. The molecule has 0 aliphatic carbocycles. The maximum absolute atomic E-state index is 6.23. The van der Waals surface area contributed by atoms with Crippen LogP contribution in [0.1, 0.15) is 36.8 Å².